The maximum absolute atomic E-state index is 14.9. The first kappa shape index (κ1) is 22.7. The van der Waals surface area contributed by atoms with Crippen molar-refractivity contribution in [1.82, 2.24) is 4.57 Å². The van der Waals surface area contributed by atoms with Gasteiger partial charge < -0.3 is 19.7 Å². The van der Waals surface area contributed by atoms with Crippen LogP contribution in [0.5, 0.6) is 0 Å². The van der Waals surface area contributed by atoms with Crippen molar-refractivity contribution >= 4 is 30.3 Å². The van der Waals surface area contributed by atoms with E-state index in [0.29, 0.717) is 17.0 Å². The Morgan fingerprint density at radius 2 is 1.90 bits per heavy atom. The van der Waals surface area contributed by atoms with Gasteiger partial charge in [0.25, 0.3) is 0 Å². The van der Waals surface area contributed by atoms with Crippen LogP contribution in [0.25, 0.3) is 17.0 Å². The van der Waals surface area contributed by atoms with Crippen molar-refractivity contribution in [2.24, 2.45) is 0 Å². The third-order valence-corrected chi connectivity index (χ3v) is 6.43. The number of nitrogens with zero attached hydrogens (tertiary/aromatic N) is 1. The Bertz CT molecular complexity index is 1030. The third kappa shape index (κ3) is 5.20. The van der Waals surface area contributed by atoms with E-state index in [1.165, 1.54) is 12.5 Å². The number of hydrogen-bond donors (Lipinski definition) is 3. The quantitative estimate of drug-likeness (QED) is 0.506. The molecule has 3 rings (SSSR count). The maximum Gasteiger partial charge on any atom is 0.349 e. The average Bonchev–Trinajstić information content (AvgIpc) is 2.71. The molecular weight excluding hydrogens is 406 g/mol. The van der Waals surface area contributed by atoms with Crippen molar-refractivity contribution in [3.8, 4) is 0 Å². The van der Waals surface area contributed by atoms with Crippen molar-refractivity contribution in [2.45, 2.75) is 70.9 Å². The summed E-state index contributed by atoms with van der Waals surface area (Å²) in [5.74, 6) is 0.222. The van der Waals surface area contributed by atoms with Gasteiger partial charge in [-0.25, -0.2) is 4.39 Å². The van der Waals surface area contributed by atoms with Gasteiger partial charge >= 0.3 is 7.60 Å². The predicted octanol–water partition coefficient (Wildman–Crippen LogP) is 5.39. The second kappa shape index (κ2) is 9.46. The summed E-state index contributed by atoms with van der Waals surface area (Å²) >= 11 is 0. The molecule has 0 atom stereocenters. The van der Waals surface area contributed by atoms with E-state index in [1.807, 2.05) is 18.4 Å². The zero-order chi connectivity index (χ0) is 21.9. The van der Waals surface area contributed by atoms with E-state index in [0.717, 1.165) is 44.6 Å². The van der Waals surface area contributed by atoms with Crippen LogP contribution in [0.15, 0.2) is 28.9 Å². The fraction of sp³-hybridized carbons (Fsp3) is 0.500. The SMILES string of the molecule is CCC(CC)n1cc(C=CP(=O)(O)O)c(=O)c2cc(F)c(NC3CCCCC3)cc21. The fourth-order valence-electron chi connectivity index (χ4n) is 4.25. The van der Waals surface area contributed by atoms with Crippen molar-refractivity contribution in [3.05, 3.63) is 45.8 Å². The number of rotatable bonds is 7. The predicted molar refractivity (Wildman–Crippen MR) is 119 cm³/mol. The lowest BCUT2D eigenvalue weighted by atomic mass is 9.95. The molecule has 2 aromatic rings. The molecule has 0 radical (unpaired) electrons. The summed E-state index contributed by atoms with van der Waals surface area (Å²) in [4.78, 5) is 31.2. The molecule has 0 saturated heterocycles. The lowest BCUT2D eigenvalue weighted by Crippen LogP contribution is -2.23. The topological polar surface area (TPSA) is 91.6 Å². The van der Waals surface area contributed by atoms with Crippen LogP contribution in [0, 0.1) is 5.82 Å². The van der Waals surface area contributed by atoms with Crippen LogP contribution in [0.3, 0.4) is 0 Å². The van der Waals surface area contributed by atoms with Gasteiger partial charge in [0.1, 0.15) is 5.82 Å². The maximum atomic E-state index is 14.9. The summed E-state index contributed by atoms with van der Waals surface area (Å²) in [7, 11) is -4.42. The number of benzene rings is 1. The Labute approximate surface area is 176 Å². The van der Waals surface area contributed by atoms with Crippen LogP contribution in [-0.2, 0) is 4.57 Å². The number of fused-ring (bicyclic) bond motifs is 1. The molecule has 0 aliphatic heterocycles. The Morgan fingerprint density at radius 1 is 1.23 bits per heavy atom. The molecule has 1 saturated carbocycles. The average molecular weight is 436 g/mol. The first-order valence-corrected chi connectivity index (χ1v) is 12.3. The van der Waals surface area contributed by atoms with E-state index in [9.17, 15) is 13.8 Å². The van der Waals surface area contributed by atoms with E-state index in [-0.39, 0.29) is 23.0 Å². The first-order valence-electron chi connectivity index (χ1n) is 10.6. The van der Waals surface area contributed by atoms with Gasteiger partial charge in [0.15, 0.2) is 5.43 Å². The summed E-state index contributed by atoms with van der Waals surface area (Å²) < 4.78 is 28.1. The van der Waals surface area contributed by atoms with Crippen molar-refractivity contribution in [3.63, 3.8) is 0 Å². The molecule has 1 aliphatic carbocycles. The van der Waals surface area contributed by atoms with Crippen LogP contribution >= 0.6 is 7.60 Å². The molecule has 1 aromatic carbocycles. The highest BCUT2D eigenvalue weighted by molar-refractivity contribution is 7.55. The molecule has 6 nitrogen and oxygen atoms in total. The molecule has 164 valence electrons. The summed E-state index contributed by atoms with van der Waals surface area (Å²) in [6, 6.07) is 3.25. The molecule has 1 fully saturated rings. The zero-order valence-corrected chi connectivity index (χ0v) is 18.4. The van der Waals surface area contributed by atoms with Crippen molar-refractivity contribution < 1.29 is 18.7 Å². The molecule has 0 bridgehead atoms. The minimum atomic E-state index is -4.42. The molecule has 0 unspecified atom stereocenters. The highest BCUT2D eigenvalue weighted by atomic mass is 31.2. The van der Waals surface area contributed by atoms with Gasteiger partial charge in [0.2, 0.25) is 0 Å². The lowest BCUT2D eigenvalue weighted by molar-refractivity contribution is 0.386. The Balaban J connectivity index is 2.16. The number of anilines is 1. The number of nitrogens with one attached hydrogen (secondary N) is 1. The van der Waals surface area contributed by atoms with Gasteiger partial charge in [-0.3, -0.25) is 9.36 Å². The Kier molecular flexibility index (Phi) is 7.17. The number of halogens is 1. The number of pyridine rings is 1. The van der Waals surface area contributed by atoms with Crippen LogP contribution < -0.4 is 10.7 Å². The first-order chi connectivity index (χ1) is 14.2. The van der Waals surface area contributed by atoms with Crippen LogP contribution in [0.4, 0.5) is 10.1 Å². The Hall–Kier alpha value is -1.95. The molecule has 0 amide bonds. The molecule has 1 heterocycles. The van der Waals surface area contributed by atoms with E-state index >= 15 is 0 Å². The highest BCUT2D eigenvalue weighted by Gasteiger charge is 2.19. The smallest absolute Gasteiger partial charge is 0.349 e. The van der Waals surface area contributed by atoms with E-state index in [4.69, 9.17) is 9.79 Å². The van der Waals surface area contributed by atoms with Crippen LogP contribution in [-0.4, -0.2) is 20.4 Å². The van der Waals surface area contributed by atoms with Gasteiger partial charge in [-0.05, 0) is 43.9 Å². The monoisotopic (exact) mass is 436 g/mol. The Morgan fingerprint density at radius 3 is 2.50 bits per heavy atom. The van der Waals surface area contributed by atoms with E-state index < -0.39 is 18.8 Å². The second-order valence-corrected chi connectivity index (χ2v) is 9.50. The summed E-state index contributed by atoms with van der Waals surface area (Å²) in [5, 5.41) is 3.52. The fourth-order valence-corrected chi connectivity index (χ4v) is 4.60. The van der Waals surface area contributed by atoms with Gasteiger partial charge in [-0.1, -0.05) is 33.1 Å². The van der Waals surface area contributed by atoms with Gasteiger partial charge in [0, 0.05) is 35.0 Å². The van der Waals surface area contributed by atoms with Crippen LogP contribution in [0.2, 0.25) is 0 Å². The van der Waals surface area contributed by atoms with E-state index in [2.05, 4.69) is 5.32 Å². The molecule has 8 heteroatoms. The summed E-state index contributed by atoms with van der Waals surface area (Å²) in [5.41, 5.74) is 0.707. The molecule has 0 spiro atoms. The standard InChI is InChI=1S/C22H30FN2O4P/c1-3-17(4-2)25-14-15(10-11-30(27,28)29)22(26)18-12-19(23)20(13-21(18)25)24-16-8-6-5-7-9-16/h10-14,16-17,24H,3-9H2,1-2H3,(H2,27,28,29). The van der Waals surface area contributed by atoms with Gasteiger partial charge in [0.05, 0.1) is 11.2 Å². The summed E-state index contributed by atoms with van der Waals surface area (Å²) in [6.45, 7) is 4.07. The highest BCUT2D eigenvalue weighted by Crippen LogP contribution is 2.37. The summed E-state index contributed by atoms with van der Waals surface area (Å²) in [6.07, 6.45) is 9.83. The molecule has 30 heavy (non-hydrogen) atoms. The van der Waals surface area contributed by atoms with Crippen molar-refractivity contribution in [1.29, 1.82) is 0 Å². The molecule has 1 aliphatic rings. The van der Waals surface area contributed by atoms with Gasteiger partial charge in [-0.2, -0.15) is 0 Å². The molecule has 1 aromatic heterocycles. The lowest BCUT2D eigenvalue weighted by Gasteiger charge is -2.25. The molecular formula is C22H30FN2O4P. The van der Waals surface area contributed by atoms with Crippen LogP contribution in [0.1, 0.15) is 70.4 Å². The normalized spacial score (nSPS) is 16.1. The van der Waals surface area contributed by atoms with Gasteiger partial charge in [-0.15, -0.1) is 0 Å². The van der Waals surface area contributed by atoms with Crippen molar-refractivity contribution in [2.75, 3.05) is 5.32 Å². The number of hydrogen-bond acceptors (Lipinski definition) is 3. The largest absolute Gasteiger partial charge is 0.380 e. The van der Waals surface area contributed by atoms with E-state index in [1.54, 1.807) is 12.3 Å². The minimum Gasteiger partial charge on any atom is -0.380 e. The minimum absolute atomic E-state index is 0.0725. The second-order valence-electron chi connectivity index (χ2n) is 8.02. The molecule has 3 N–H and O–H groups in total. The third-order valence-electron chi connectivity index (χ3n) is 5.90. The number of aromatic nitrogens is 1. The zero-order valence-electron chi connectivity index (χ0n) is 17.5.